The van der Waals surface area contributed by atoms with Gasteiger partial charge in [0.15, 0.2) is 0 Å². The van der Waals surface area contributed by atoms with Gasteiger partial charge in [-0.25, -0.2) is 4.98 Å². The Kier molecular flexibility index (Phi) is 10.4. The van der Waals surface area contributed by atoms with Crippen LogP contribution in [0.4, 0.5) is 0 Å². The first kappa shape index (κ1) is 26.7. The molecule has 0 aliphatic carbocycles. The van der Waals surface area contributed by atoms with Crippen LogP contribution >= 0.6 is 11.6 Å². The molecule has 0 aliphatic rings. The summed E-state index contributed by atoms with van der Waals surface area (Å²) in [6.45, 7) is 2.29. The number of ether oxygens (including phenoxy) is 1. The van der Waals surface area contributed by atoms with Crippen LogP contribution in [0.15, 0.2) is 78.9 Å². The largest absolute Gasteiger partial charge is 0.492 e. The number of unbranched alkanes of at least 4 members (excludes halogenated alkanes) is 3. The third-order valence-corrected chi connectivity index (χ3v) is 6.80. The van der Waals surface area contributed by atoms with Crippen molar-refractivity contribution >= 4 is 28.5 Å². The number of para-hydroxylation sites is 3. The molecular formula is C31H36ClN3O2. The average molecular weight is 518 g/mol. The smallest absolute Gasteiger partial charge is 0.220 e. The number of carbonyl (C=O) groups is 1. The summed E-state index contributed by atoms with van der Waals surface area (Å²) >= 11 is 6.18. The van der Waals surface area contributed by atoms with E-state index in [1.54, 1.807) is 0 Å². The minimum Gasteiger partial charge on any atom is -0.492 e. The maximum Gasteiger partial charge on any atom is 0.220 e. The van der Waals surface area contributed by atoms with Crippen molar-refractivity contribution in [3.63, 3.8) is 0 Å². The number of hydrogen-bond acceptors (Lipinski definition) is 3. The van der Waals surface area contributed by atoms with E-state index in [9.17, 15) is 4.79 Å². The number of halogens is 1. The lowest BCUT2D eigenvalue weighted by Gasteiger charge is -2.11. The normalized spacial score (nSPS) is 11.1. The fraction of sp³-hybridized carbons (Fsp3) is 0.355. The van der Waals surface area contributed by atoms with Gasteiger partial charge in [0.25, 0.3) is 0 Å². The number of benzene rings is 3. The summed E-state index contributed by atoms with van der Waals surface area (Å²) < 4.78 is 8.20. The van der Waals surface area contributed by atoms with E-state index < -0.39 is 0 Å². The molecular weight excluding hydrogens is 482 g/mol. The van der Waals surface area contributed by atoms with Gasteiger partial charge in [0, 0.05) is 25.9 Å². The van der Waals surface area contributed by atoms with Crippen LogP contribution in [0.25, 0.3) is 11.0 Å². The number of aromatic nitrogens is 2. The zero-order chi connectivity index (χ0) is 25.7. The van der Waals surface area contributed by atoms with E-state index in [0.29, 0.717) is 18.1 Å². The highest BCUT2D eigenvalue weighted by atomic mass is 35.5. The quantitative estimate of drug-likeness (QED) is 0.172. The van der Waals surface area contributed by atoms with Gasteiger partial charge in [0.05, 0.1) is 22.7 Å². The van der Waals surface area contributed by atoms with Gasteiger partial charge >= 0.3 is 0 Å². The van der Waals surface area contributed by atoms with E-state index in [4.69, 9.17) is 21.3 Å². The molecule has 4 rings (SSSR count). The number of carbonyl (C=O) groups excluding carboxylic acids is 1. The summed E-state index contributed by atoms with van der Waals surface area (Å²) in [6.07, 6.45) is 7.32. The average Bonchev–Trinajstić information content (AvgIpc) is 3.28. The lowest BCUT2D eigenvalue weighted by molar-refractivity contribution is -0.121. The molecule has 3 aromatic carbocycles. The van der Waals surface area contributed by atoms with E-state index in [0.717, 1.165) is 75.1 Å². The summed E-state index contributed by atoms with van der Waals surface area (Å²) in [6, 6.07) is 26.1. The van der Waals surface area contributed by atoms with Crippen LogP contribution in [0.2, 0.25) is 5.02 Å². The molecule has 1 N–H and O–H groups in total. The van der Waals surface area contributed by atoms with Crippen LogP contribution in [0, 0.1) is 0 Å². The Morgan fingerprint density at radius 1 is 0.838 bits per heavy atom. The molecule has 0 unspecified atom stereocenters. The van der Waals surface area contributed by atoms with Crippen LogP contribution in [0.1, 0.15) is 49.9 Å². The van der Waals surface area contributed by atoms with Crippen LogP contribution in [0.5, 0.6) is 5.75 Å². The van der Waals surface area contributed by atoms with E-state index in [1.807, 2.05) is 48.5 Å². The molecule has 0 fully saturated rings. The topological polar surface area (TPSA) is 56.2 Å². The maximum atomic E-state index is 12.1. The van der Waals surface area contributed by atoms with Gasteiger partial charge in [-0.05, 0) is 61.9 Å². The van der Waals surface area contributed by atoms with Gasteiger partial charge in [-0.1, -0.05) is 72.6 Å². The van der Waals surface area contributed by atoms with Crippen LogP contribution in [-0.4, -0.2) is 28.6 Å². The van der Waals surface area contributed by atoms with Gasteiger partial charge in [-0.2, -0.15) is 0 Å². The van der Waals surface area contributed by atoms with Gasteiger partial charge in [-0.3, -0.25) is 4.79 Å². The number of aryl methyl sites for hydroxylation is 3. The Morgan fingerprint density at radius 3 is 2.49 bits per heavy atom. The monoisotopic (exact) mass is 517 g/mol. The fourth-order valence-electron chi connectivity index (χ4n) is 4.49. The van der Waals surface area contributed by atoms with Crippen molar-refractivity contribution < 1.29 is 9.53 Å². The first-order valence-corrected chi connectivity index (χ1v) is 13.7. The molecule has 1 heterocycles. The Labute approximate surface area is 224 Å². The number of imidazole rings is 1. The van der Waals surface area contributed by atoms with Crippen LogP contribution in [0.3, 0.4) is 0 Å². The standard InChI is InChI=1S/C31H36ClN3O2/c32-26-15-6-9-18-29(26)37-24-12-11-23-35-28-17-8-7-16-27(28)34-30(35)19-5-2-10-22-33-31(36)21-20-25-13-3-1-4-14-25/h1,3-4,6-9,13-18H,2,5,10-12,19-24H2,(H,33,36). The Balaban J connectivity index is 1.17. The lowest BCUT2D eigenvalue weighted by Crippen LogP contribution is -2.24. The highest BCUT2D eigenvalue weighted by molar-refractivity contribution is 6.32. The molecule has 0 aliphatic heterocycles. The molecule has 37 heavy (non-hydrogen) atoms. The number of rotatable bonds is 15. The van der Waals surface area contributed by atoms with Gasteiger partial charge in [0.2, 0.25) is 5.91 Å². The summed E-state index contributed by atoms with van der Waals surface area (Å²) in [7, 11) is 0. The van der Waals surface area contributed by atoms with Crippen molar-refractivity contribution in [2.45, 2.75) is 57.9 Å². The molecule has 0 bridgehead atoms. The maximum absolute atomic E-state index is 12.1. The molecule has 1 amide bonds. The second-order valence-corrected chi connectivity index (χ2v) is 9.71. The molecule has 0 radical (unpaired) electrons. The number of nitrogens with zero attached hydrogens (tertiary/aromatic N) is 2. The first-order chi connectivity index (χ1) is 18.2. The minimum atomic E-state index is 0.129. The Bertz CT molecular complexity index is 1260. The van der Waals surface area contributed by atoms with Crippen molar-refractivity contribution in [2.24, 2.45) is 0 Å². The van der Waals surface area contributed by atoms with E-state index >= 15 is 0 Å². The number of hydrogen-bond donors (Lipinski definition) is 1. The van der Waals surface area contributed by atoms with Crippen molar-refractivity contribution in [3.8, 4) is 5.75 Å². The number of nitrogens with one attached hydrogen (secondary N) is 1. The second-order valence-electron chi connectivity index (χ2n) is 9.30. The van der Waals surface area contributed by atoms with Crippen molar-refractivity contribution in [1.29, 1.82) is 0 Å². The first-order valence-electron chi connectivity index (χ1n) is 13.3. The molecule has 1 aromatic heterocycles. The van der Waals surface area contributed by atoms with E-state index in [2.05, 4.69) is 40.2 Å². The highest BCUT2D eigenvalue weighted by Gasteiger charge is 2.10. The third kappa shape index (κ3) is 8.36. The molecule has 194 valence electrons. The van der Waals surface area contributed by atoms with Crippen LogP contribution in [-0.2, 0) is 24.2 Å². The van der Waals surface area contributed by atoms with Crippen LogP contribution < -0.4 is 10.1 Å². The molecule has 0 saturated heterocycles. The molecule has 0 atom stereocenters. The summed E-state index contributed by atoms with van der Waals surface area (Å²) in [5, 5.41) is 3.71. The van der Waals surface area contributed by atoms with E-state index in [-0.39, 0.29) is 5.91 Å². The molecule has 5 nitrogen and oxygen atoms in total. The molecule has 6 heteroatoms. The zero-order valence-electron chi connectivity index (χ0n) is 21.4. The summed E-state index contributed by atoms with van der Waals surface area (Å²) in [5.41, 5.74) is 3.44. The van der Waals surface area contributed by atoms with Crippen molar-refractivity contribution in [1.82, 2.24) is 14.9 Å². The highest BCUT2D eigenvalue weighted by Crippen LogP contribution is 2.23. The third-order valence-electron chi connectivity index (χ3n) is 6.49. The Hall–Kier alpha value is -3.31. The summed E-state index contributed by atoms with van der Waals surface area (Å²) in [4.78, 5) is 17.0. The minimum absolute atomic E-state index is 0.129. The second kappa shape index (κ2) is 14.4. The predicted molar refractivity (Wildman–Crippen MR) is 151 cm³/mol. The Morgan fingerprint density at radius 2 is 1.62 bits per heavy atom. The van der Waals surface area contributed by atoms with E-state index in [1.165, 1.54) is 11.1 Å². The van der Waals surface area contributed by atoms with Gasteiger partial charge in [-0.15, -0.1) is 0 Å². The fourth-order valence-corrected chi connectivity index (χ4v) is 4.68. The van der Waals surface area contributed by atoms with Crippen molar-refractivity contribution in [3.05, 3.63) is 95.3 Å². The van der Waals surface area contributed by atoms with Gasteiger partial charge in [0.1, 0.15) is 11.6 Å². The molecule has 0 spiro atoms. The summed E-state index contributed by atoms with van der Waals surface area (Å²) in [5.74, 6) is 2.01. The number of fused-ring (bicyclic) bond motifs is 1. The molecule has 0 saturated carbocycles. The number of amides is 1. The van der Waals surface area contributed by atoms with Gasteiger partial charge < -0.3 is 14.6 Å². The van der Waals surface area contributed by atoms with Crippen molar-refractivity contribution in [2.75, 3.05) is 13.2 Å². The molecule has 4 aromatic rings. The lowest BCUT2D eigenvalue weighted by atomic mass is 10.1. The predicted octanol–water partition coefficient (Wildman–Crippen LogP) is 7.01. The zero-order valence-corrected chi connectivity index (χ0v) is 22.1. The SMILES string of the molecule is O=C(CCc1ccccc1)NCCCCCc1nc2ccccc2n1CCCCOc1ccccc1Cl.